The molecule has 0 bridgehead atoms. The van der Waals surface area contributed by atoms with Gasteiger partial charge in [-0.05, 0) is 74.1 Å². The summed E-state index contributed by atoms with van der Waals surface area (Å²) in [5.74, 6) is -3.20. The van der Waals surface area contributed by atoms with Crippen LogP contribution in [-0.4, -0.2) is 59.8 Å². The molecule has 2 aromatic heterocycles. The lowest BCUT2D eigenvalue weighted by Crippen LogP contribution is -2.53. The van der Waals surface area contributed by atoms with Gasteiger partial charge >= 0.3 is 12.3 Å². The number of carbonyl (C=O) groups is 2. The highest BCUT2D eigenvalue weighted by molar-refractivity contribution is 6.10. The van der Waals surface area contributed by atoms with Crippen LogP contribution < -0.4 is 10.2 Å². The zero-order chi connectivity index (χ0) is 32.5. The smallest absolute Gasteiger partial charge is 0.416 e. The monoisotopic (exact) mass is 633 g/mol. The molecule has 2 saturated carbocycles. The molecule has 0 atom stereocenters. The second kappa shape index (κ2) is 10.4. The number of benzene rings is 1. The molecule has 6 rings (SSSR count). The fourth-order valence-electron chi connectivity index (χ4n) is 6.87. The lowest BCUT2D eigenvalue weighted by molar-refractivity contribution is -0.138. The fourth-order valence-corrected chi connectivity index (χ4v) is 6.87. The number of carboxylic acid groups (broad SMARTS) is 1. The van der Waals surface area contributed by atoms with Crippen molar-refractivity contribution in [3.63, 3.8) is 0 Å². The van der Waals surface area contributed by atoms with Gasteiger partial charge in [-0.2, -0.15) is 13.2 Å². The van der Waals surface area contributed by atoms with Gasteiger partial charge in [-0.15, -0.1) is 10.2 Å². The summed E-state index contributed by atoms with van der Waals surface area (Å²) in [5, 5.41) is 20.9. The van der Waals surface area contributed by atoms with Gasteiger partial charge in [-0.3, -0.25) is 14.6 Å². The lowest BCUT2D eigenvalue weighted by Gasteiger charge is -2.46. The van der Waals surface area contributed by atoms with Crippen molar-refractivity contribution in [3.05, 3.63) is 64.2 Å². The van der Waals surface area contributed by atoms with Crippen molar-refractivity contribution in [3.8, 4) is 0 Å². The van der Waals surface area contributed by atoms with Crippen LogP contribution in [0.15, 0.2) is 30.6 Å². The highest BCUT2D eigenvalue weighted by Crippen LogP contribution is 2.57. The van der Waals surface area contributed by atoms with E-state index >= 15 is 0 Å². The number of fused-ring (bicyclic) bond motifs is 1. The molecule has 3 aromatic rings. The molecule has 1 aliphatic heterocycles. The molecule has 240 valence electrons. The molecule has 45 heavy (non-hydrogen) atoms. The third-order valence-electron chi connectivity index (χ3n) is 9.32. The number of halogens is 5. The van der Waals surface area contributed by atoms with E-state index in [2.05, 4.69) is 20.5 Å². The Bertz CT molecular complexity index is 1680. The molecule has 0 spiro atoms. The second-order valence-corrected chi connectivity index (χ2v) is 12.5. The summed E-state index contributed by atoms with van der Waals surface area (Å²) in [4.78, 5) is 32.6. The molecular weight excluding hydrogens is 601 g/mol. The summed E-state index contributed by atoms with van der Waals surface area (Å²) in [7, 11) is 1.63. The number of rotatable bonds is 8. The molecule has 0 saturated heterocycles. The van der Waals surface area contributed by atoms with Gasteiger partial charge in [0.1, 0.15) is 23.8 Å². The molecule has 10 nitrogen and oxygen atoms in total. The Morgan fingerprint density at radius 1 is 1.16 bits per heavy atom. The van der Waals surface area contributed by atoms with E-state index in [0.717, 1.165) is 22.3 Å². The fraction of sp³-hybridized carbons (Fsp3) is 0.500. The van der Waals surface area contributed by atoms with Crippen molar-refractivity contribution in [2.45, 2.75) is 82.1 Å². The molecule has 0 radical (unpaired) electrons. The Labute approximate surface area is 255 Å². The van der Waals surface area contributed by atoms with Crippen LogP contribution in [0.2, 0.25) is 0 Å². The minimum absolute atomic E-state index is 0.00905. The minimum Gasteiger partial charge on any atom is -0.465 e. The van der Waals surface area contributed by atoms with Crippen LogP contribution in [0.1, 0.15) is 84.4 Å². The first kappa shape index (κ1) is 30.7. The van der Waals surface area contributed by atoms with Crippen LogP contribution in [0.4, 0.5) is 38.4 Å². The average molecular weight is 634 g/mol. The van der Waals surface area contributed by atoms with E-state index in [4.69, 9.17) is 0 Å². The van der Waals surface area contributed by atoms with Crippen LogP contribution >= 0.6 is 0 Å². The maximum atomic E-state index is 14.5. The van der Waals surface area contributed by atoms with E-state index in [1.807, 2.05) is 0 Å². The van der Waals surface area contributed by atoms with Gasteiger partial charge in [-0.25, -0.2) is 18.6 Å². The maximum absolute atomic E-state index is 14.5. The molecule has 15 heteroatoms. The predicted octanol–water partition coefficient (Wildman–Crippen LogP) is 5.96. The predicted molar refractivity (Wildman–Crippen MR) is 152 cm³/mol. The number of nitrogens with one attached hydrogen (secondary N) is 1. The number of anilines is 2. The second-order valence-electron chi connectivity index (χ2n) is 12.5. The minimum atomic E-state index is -4.83. The van der Waals surface area contributed by atoms with Crippen LogP contribution in [-0.2, 0) is 31.7 Å². The van der Waals surface area contributed by atoms with E-state index in [9.17, 15) is 36.6 Å². The summed E-state index contributed by atoms with van der Waals surface area (Å²) in [5.41, 5.74) is -3.07. The largest absolute Gasteiger partial charge is 0.465 e. The number of aryl methyl sites for hydroxylation is 1. The first-order valence-corrected chi connectivity index (χ1v) is 14.6. The lowest BCUT2D eigenvalue weighted by atomic mass is 9.61. The van der Waals surface area contributed by atoms with Gasteiger partial charge in [0.2, 0.25) is 0 Å². The van der Waals surface area contributed by atoms with Crippen molar-refractivity contribution in [1.82, 2.24) is 24.6 Å². The summed E-state index contributed by atoms with van der Waals surface area (Å²) in [6.07, 6.45) is -3.86. The van der Waals surface area contributed by atoms with Crippen molar-refractivity contribution >= 4 is 23.6 Å². The molecule has 1 aromatic carbocycles. The van der Waals surface area contributed by atoms with Crippen molar-refractivity contribution in [2.75, 3.05) is 16.8 Å². The van der Waals surface area contributed by atoms with Gasteiger partial charge in [0.25, 0.3) is 11.8 Å². The topological polar surface area (TPSA) is 116 Å². The molecule has 2 amide bonds. The van der Waals surface area contributed by atoms with Gasteiger partial charge in [0.15, 0.2) is 0 Å². The Balaban J connectivity index is 1.42. The van der Waals surface area contributed by atoms with E-state index in [1.54, 1.807) is 31.5 Å². The van der Waals surface area contributed by atoms with E-state index in [-0.39, 0.29) is 40.7 Å². The zero-order valence-electron chi connectivity index (χ0n) is 24.9. The van der Waals surface area contributed by atoms with Gasteiger partial charge < -0.3 is 15.0 Å². The Hall–Kier alpha value is -4.30. The molecule has 2 N–H and O–H groups in total. The van der Waals surface area contributed by atoms with Crippen molar-refractivity contribution < 1.29 is 36.6 Å². The highest BCUT2D eigenvalue weighted by atomic mass is 19.4. The van der Waals surface area contributed by atoms with Gasteiger partial charge in [-0.1, -0.05) is 0 Å². The highest BCUT2D eigenvalue weighted by Gasteiger charge is 2.61. The summed E-state index contributed by atoms with van der Waals surface area (Å²) in [6.45, 7) is 3.17. The quantitative estimate of drug-likeness (QED) is 0.294. The Morgan fingerprint density at radius 3 is 2.40 bits per heavy atom. The number of hydrogen-bond donors (Lipinski definition) is 2. The summed E-state index contributed by atoms with van der Waals surface area (Å²) < 4.78 is 73.7. The number of nitrogens with zero attached hydrogens (tertiary/aromatic N) is 6. The van der Waals surface area contributed by atoms with Crippen molar-refractivity contribution in [1.29, 1.82) is 0 Å². The van der Waals surface area contributed by atoms with Gasteiger partial charge in [0.05, 0.1) is 17.5 Å². The molecule has 2 fully saturated rings. The van der Waals surface area contributed by atoms with Crippen LogP contribution in [0.25, 0.3) is 0 Å². The van der Waals surface area contributed by atoms with Crippen LogP contribution in [0.3, 0.4) is 0 Å². The number of amides is 2. The molecule has 3 heterocycles. The normalized spacial score (nSPS) is 19.5. The third-order valence-corrected chi connectivity index (χ3v) is 9.32. The zero-order valence-corrected chi connectivity index (χ0v) is 24.9. The van der Waals surface area contributed by atoms with Gasteiger partial charge in [0, 0.05) is 44.1 Å². The first-order valence-electron chi connectivity index (χ1n) is 14.6. The Morgan fingerprint density at radius 2 is 1.87 bits per heavy atom. The van der Waals surface area contributed by atoms with E-state index in [1.165, 1.54) is 18.5 Å². The number of pyridine rings is 1. The van der Waals surface area contributed by atoms with Crippen LogP contribution in [0.5, 0.6) is 0 Å². The number of alkyl halides is 5. The summed E-state index contributed by atoms with van der Waals surface area (Å²) >= 11 is 0. The molecule has 2 aliphatic carbocycles. The third kappa shape index (κ3) is 5.15. The van der Waals surface area contributed by atoms with E-state index < -0.39 is 60.0 Å². The average Bonchev–Trinajstić information content (AvgIpc) is 3.50. The van der Waals surface area contributed by atoms with Crippen LogP contribution in [0, 0.1) is 0 Å². The Kier molecular flexibility index (Phi) is 7.08. The maximum Gasteiger partial charge on any atom is 0.416 e. The first-order chi connectivity index (χ1) is 21.1. The molecular formula is C30H32F5N7O3. The number of aromatic nitrogens is 4. The molecule has 3 aliphatic rings. The van der Waals surface area contributed by atoms with Crippen molar-refractivity contribution in [2.24, 2.45) is 7.05 Å². The number of hydrogen-bond acceptors (Lipinski definition) is 6. The standard InChI is InChI=1S/C30H32F5N7O3/c1-4-36-22-10-18(28(14-29(31,32)15-28)25-39-37-16-40(25)3)11-23(38-22)41-13-20-19(24(41)43)8-17(9-21(20)30(33,34)35)12-42(26(44)45)27(2)6-5-7-27/h8-11,16H,4-7,12-15H2,1-3H3,(H,36,38)(H,44,45). The SMILES string of the molecule is CCNc1cc(C2(c3nncn3C)CC(F)(F)C2)cc(N2Cc3c(cc(CN(C(=O)O)C4(C)CCC4)cc3C(F)(F)F)C2=O)n1. The molecule has 0 unspecified atom stereocenters. The van der Waals surface area contributed by atoms with E-state index in [0.29, 0.717) is 24.9 Å². The number of carbonyl (C=O) groups excluding carboxylic acids is 1. The summed E-state index contributed by atoms with van der Waals surface area (Å²) in [6, 6.07) is 5.26.